The van der Waals surface area contributed by atoms with Crippen molar-refractivity contribution in [3.63, 3.8) is 0 Å². The molecule has 0 aliphatic carbocycles. The summed E-state index contributed by atoms with van der Waals surface area (Å²) in [6.45, 7) is 13.0. The van der Waals surface area contributed by atoms with Gasteiger partial charge in [0, 0.05) is 69.5 Å². The Labute approximate surface area is 203 Å². The second kappa shape index (κ2) is 11.2. The number of likely N-dealkylation sites (N-methyl/N-ethyl adjacent to an activating group) is 1. The van der Waals surface area contributed by atoms with Gasteiger partial charge in [0.05, 0.1) is 10.8 Å². The molecule has 0 bridgehead atoms. The first-order valence-electron chi connectivity index (χ1n) is 12.7. The van der Waals surface area contributed by atoms with Crippen LogP contribution in [0.15, 0.2) is 35.4 Å². The van der Waals surface area contributed by atoms with Gasteiger partial charge in [-0.05, 0) is 63.5 Å². The van der Waals surface area contributed by atoms with Gasteiger partial charge in [0.2, 0.25) is 15.9 Å². The van der Waals surface area contributed by atoms with Crippen LogP contribution >= 0.6 is 0 Å². The van der Waals surface area contributed by atoms with E-state index in [2.05, 4.69) is 33.5 Å². The maximum atomic E-state index is 13.3. The number of nitrogens with zero attached hydrogens (tertiary/aromatic N) is 4. The van der Waals surface area contributed by atoms with Gasteiger partial charge < -0.3 is 19.7 Å². The highest BCUT2D eigenvalue weighted by Gasteiger charge is 2.33. The average molecular weight is 490 g/mol. The monoisotopic (exact) mass is 489 g/mol. The number of aromatic nitrogens is 1. The number of hydrogen-bond acceptors (Lipinski definition) is 5. The molecular weight excluding hydrogens is 450 g/mol. The predicted octanol–water partition coefficient (Wildman–Crippen LogP) is 2.21. The second-order valence-corrected chi connectivity index (χ2v) is 11.4. The maximum absolute atomic E-state index is 13.3. The number of nitrogens with one attached hydrogen (secondary N) is 1. The number of fused-ring (bicyclic) bond motifs is 1. The lowest BCUT2D eigenvalue weighted by Gasteiger charge is -2.34. The zero-order valence-electron chi connectivity index (χ0n) is 20.6. The minimum Gasteiger partial charge on any atom is -0.356 e. The minimum absolute atomic E-state index is 0.0221. The van der Waals surface area contributed by atoms with Crippen molar-refractivity contribution >= 4 is 26.8 Å². The quantitative estimate of drug-likeness (QED) is 0.547. The summed E-state index contributed by atoms with van der Waals surface area (Å²) < 4.78 is 30.3. The zero-order chi connectivity index (χ0) is 24.1. The fraction of sp³-hybridized carbons (Fsp3) is 0.640. The highest BCUT2D eigenvalue weighted by Crippen LogP contribution is 2.27. The Morgan fingerprint density at radius 3 is 2.53 bits per heavy atom. The first kappa shape index (κ1) is 25.2. The molecule has 2 saturated heterocycles. The third-order valence-corrected chi connectivity index (χ3v) is 9.20. The van der Waals surface area contributed by atoms with E-state index in [9.17, 15) is 13.2 Å². The van der Waals surface area contributed by atoms with Crippen LogP contribution in [0, 0.1) is 5.92 Å². The van der Waals surface area contributed by atoms with Gasteiger partial charge in [0.1, 0.15) is 0 Å². The van der Waals surface area contributed by atoms with Crippen molar-refractivity contribution in [2.24, 2.45) is 5.92 Å². The predicted molar refractivity (Wildman–Crippen MR) is 135 cm³/mol. The third-order valence-electron chi connectivity index (χ3n) is 7.34. The summed E-state index contributed by atoms with van der Waals surface area (Å²) in [7, 11) is -3.63. The molecule has 1 unspecified atom stereocenters. The fourth-order valence-corrected chi connectivity index (χ4v) is 6.69. The number of hydrogen-bond donors (Lipinski definition) is 1. The Hall–Kier alpha value is -1.94. The van der Waals surface area contributed by atoms with Crippen LogP contribution in [0.25, 0.3) is 10.9 Å². The van der Waals surface area contributed by atoms with Crippen LogP contribution in [0.2, 0.25) is 0 Å². The van der Waals surface area contributed by atoms with Crippen LogP contribution in [0.5, 0.6) is 0 Å². The van der Waals surface area contributed by atoms with Crippen molar-refractivity contribution in [1.29, 1.82) is 0 Å². The van der Waals surface area contributed by atoms with Gasteiger partial charge in [-0.1, -0.05) is 6.92 Å². The summed E-state index contributed by atoms with van der Waals surface area (Å²) in [6.07, 6.45) is 4.33. The lowest BCUT2D eigenvalue weighted by atomic mass is 9.99. The molecule has 0 spiro atoms. The Morgan fingerprint density at radius 2 is 1.79 bits per heavy atom. The van der Waals surface area contributed by atoms with Crippen molar-refractivity contribution in [2.75, 3.05) is 58.9 Å². The van der Waals surface area contributed by atoms with Crippen LogP contribution in [0.4, 0.5) is 0 Å². The lowest BCUT2D eigenvalue weighted by Crippen LogP contribution is -2.47. The molecule has 2 aliphatic rings. The van der Waals surface area contributed by atoms with E-state index >= 15 is 0 Å². The largest absolute Gasteiger partial charge is 0.356 e. The molecule has 2 fully saturated rings. The molecule has 3 heterocycles. The maximum Gasteiger partial charge on any atom is 0.243 e. The molecular formula is C25H39N5O3S. The lowest BCUT2D eigenvalue weighted by molar-refractivity contribution is -0.126. The highest BCUT2D eigenvalue weighted by atomic mass is 32.2. The summed E-state index contributed by atoms with van der Waals surface area (Å²) in [5.74, 6) is -0.312. The Kier molecular flexibility index (Phi) is 8.29. The van der Waals surface area contributed by atoms with Crippen molar-refractivity contribution in [3.8, 4) is 0 Å². The number of carbonyl (C=O) groups excluding carboxylic acids is 1. The first-order valence-corrected chi connectivity index (χ1v) is 14.2. The van der Waals surface area contributed by atoms with Crippen molar-refractivity contribution in [2.45, 2.75) is 44.6 Å². The molecule has 8 nitrogen and oxygen atoms in total. The smallest absolute Gasteiger partial charge is 0.243 e. The normalized spacial score (nSPS) is 21.2. The van der Waals surface area contributed by atoms with E-state index in [4.69, 9.17) is 0 Å². The Balaban J connectivity index is 1.28. The van der Waals surface area contributed by atoms with E-state index in [1.54, 1.807) is 12.1 Å². The number of piperazine rings is 1. The van der Waals surface area contributed by atoms with E-state index in [1.165, 1.54) is 4.31 Å². The van der Waals surface area contributed by atoms with Crippen LogP contribution in [0.3, 0.4) is 0 Å². The summed E-state index contributed by atoms with van der Waals surface area (Å²) >= 11 is 0. The molecule has 9 heteroatoms. The number of benzene rings is 1. The molecule has 1 amide bonds. The molecule has 1 atom stereocenters. The molecule has 2 aromatic rings. The molecule has 34 heavy (non-hydrogen) atoms. The second-order valence-electron chi connectivity index (χ2n) is 9.45. The number of rotatable bonds is 9. The van der Waals surface area contributed by atoms with E-state index in [0.29, 0.717) is 24.4 Å². The molecule has 1 aromatic heterocycles. The highest BCUT2D eigenvalue weighted by molar-refractivity contribution is 7.89. The average Bonchev–Trinajstić information content (AvgIpc) is 3.29. The molecule has 0 radical (unpaired) electrons. The molecule has 1 aromatic carbocycles. The van der Waals surface area contributed by atoms with E-state index < -0.39 is 10.0 Å². The van der Waals surface area contributed by atoms with E-state index in [1.807, 2.05) is 18.3 Å². The van der Waals surface area contributed by atoms with Crippen LogP contribution in [-0.4, -0.2) is 91.9 Å². The standard InChI is InChI=1S/C25H39N5O3S/c1-3-27-15-17-28(18-16-27)12-6-11-26-25(31)22-7-5-13-30(20-22)34(32,33)23-8-9-24-21(19-23)10-14-29(24)4-2/h8-10,14,19,22H,3-7,11-13,15-18,20H2,1-2H3,(H,26,31). The third kappa shape index (κ3) is 5.64. The van der Waals surface area contributed by atoms with Gasteiger partial charge in [-0.3, -0.25) is 4.79 Å². The zero-order valence-corrected chi connectivity index (χ0v) is 21.4. The molecule has 188 valence electrons. The molecule has 1 N–H and O–H groups in total. The van der Waals surface area contributed by atoms with E-state index in [0.717, 1.165) is 69.6 Å². The van der Waals surface area contributed by atoms with Crippen molar-refractivity contribution in [3.05, 3.63) is 30.5 Å². The van der Waals surface area contributed by atoms with Gasteiger partial charge in [0.15, 0.2) is 0 Å². The number of carbonyl (C=O) groups is 1. The SMILES string of the molecule is CCN1CCN(CCCNC(=O)C2CCCN(S(=O)(=O)c3ccc4c(ccn4CC)c3)C2)CC1. The summed E-state index contributed by atoms with van der Waals surface area (Å²) in [5.41, 5.74) is 1.03. The topological polar surface area (TPSA) is 77.9 Å². The first-order chi connectivity index (χ1) is 16.4. The Morgan fingerprint density at radius 1 is 1.03 bits per heavy atom. The summed E-state index contributed by atoms with van der Waals surface area (Å²) in [5, 5.41) is 3.98. The van der Waals surface area contributed by atoms with Gasteiger partial charge in [0.25, 0.3) is 0 Å². The van der Waals surface area contributed by atoms with Gasteiger partial charge in [-0.2, -0.15) is 4.31 Å². The number of amides is 1. The number of piperidine rings is 1. The summed E-state index contributed by atoms with van der Waals surface area (Å²) in [4.78, 5) is 18.0. The van der Waals surface area contributed by atoms with Crippen molar-refractivity contribution in [1.82, 2.24) is 24.0 Å². The fourth-order valence-electron chi connectivity index (χ4n) is 5.13. The van der Waals surface area contributed by atoms with Crippen LogP contribution in [0.1, 0.15) is 33.1 Å². The van der Waals surface area contributed by atoms with Crippen molar-refractivity contribution < 1.29 is 13.2 Å². The van der Waals surface area contributed by atoms with Gasteiger partial charge in [-0.25, -0.2) is 8.42 Å². The Bertz CT molecular complexity index is 1080. The van der Waals surface area contributed by atoms with Gasteiger partial charge >= 0.3 is 0 Å². The summed E-state index contributed by atoms with van der Waals surface area (Å²) in [6, 6.07) is 7.27. The van der Waals surface area contributed by atoms with Crippen LogP contribution in [-0.2, 0) is 21.4 Å². The molecule has 4 rings (SSSR count). The number of sulfonamides is 1. The number of aryl methyl sites for hydroxylation is 1. The molecule has 2 aliphatic heterocycles. The van der Waals surface area contributed by atoms with Gasteiger partial charge in [-0.15, -0.1) is 0 Å². The minimum atomic E-state index is -3.63. The van der Waals surface area contributed by atoms with Crippen LogP contribution < -0.4 is 5.32 Å². The molecule has 0 saturated carbocycles. The van der Waals surface area contributed by atoms with E-state index in [-0.39, 0.29) is 18.4 Å².